The summed E-state index contributed by atoms with van der Waals surface area (Å²) in [7, 11) is -6.22. The summed E-state index contributed by atoms with van der Waals surface area (Å²) in [6.45, 7) is 0.437. The minimum Gasteiger partial charge on any atom is -0.384 e. The van der Waals surface area contributed by atoms with E-state index in [2.05, 4.69) is 30.3 Å². The minimum atomic E-state index is -4.03. The van der Waals surface area contributed by atoms with Crippen molar-refractivity contribution in [2.75, 3.05) is 18.8 Å². The molecule has 0 aliphatic carbocycles. The zero-order valence-corrected chi connectivity index (χ0v) is 16.7. The second-order valence-corrected chi connectivity index (χ2v) is 8.60. The van der Waals surface area contributed by atoms with Crippen molar-refractivity contribution in [2.24, 2.45) is 10.9 Å². The van der Waals surface area contributed by atoms with E-state index >= 15 is 0 Å². The number of nitrogen functional groups attached to an aromatic ring is 1. The van der Waals surface area contributed by atoms with Crippen LogP contribution in [0, 0.1) is 0 Å². The SMILES string of the molecule is NCCCNS(=O)(=O)c1ccc(-c2ccc(N)nc2)c(-c2nn[nH]n2)c1S(N)=O. The van der Waals surface area contributed by atoms with E-state index in [9.17, 15) is 12.6 Å². The number of anilines is 1. The molecule has 1 atom stereocenters. The van der Waals surface area contributed by atoms with Crippen LogP contribution < -0.4 is 21.3 Å². The summed E-state index contributed by atoms with van der Waals surface area (Å²) in [6, 6.07) is 6.11. The number of nitrogens with one attached hydrogen (secondary N) is 2. The van der Waals surface area contributed by atoms with Crippen LogP contribution in [0.1, 0.15) is 6.42 Å². The van der Waals surface area contributed by atoms with Crippen LogP contribution in [0.4, 0.5) is 5.82 Å². The van der Waals surface area contributed by atoms with E-state index in [1.807, 2.05) is 0 Å². The summed E-state index contributed by atoms with van der Waals surface area (Å²) in [5.74, 6) is 0.338. The summed E-state index contributed by atoms with van der Waals surface area (Å²) in [5.41, 5.74) is 12.3. The highest BCUT2D eigenvalue weighted by atomic mass is 32.2. The first kappa shape index (κ1) is 20.9. The maximum Gasteiger partial charge on any atom is 0.241 e. The number of H-pyrrole nitrogens is 1. The summed E-state index contributed by atoms with van der Waals surface area (Å²) in [5, 5.41) is 19.3. The number of aromatic amines is 1. The Hall–Kier alpha value is -2.78. The van der Waals surface area contributed by atoms with Gasteiger partial charge in [-0.1, -0.05) is 6.07 Å². The van der Waals surface area contributed by atoms with Gasteiger partial charge < -0.3 is 11.5 Å². The number of sulfonamides is 1. The summed E-state index contributed by atoms with van der Waals surface area (Å²) in [4.78, 5) is 3.64. The van der Waals surface area contributed by atoms with E-state index in [4.69, 9.17) is 16.6 Å². The number of aromatic nitrogens is 5. The lowest BCUT2D eigenvalue weighted by Gasteiger charge is -2.16. The third-order valence-corrected chi connectivity index (χ3v) is 6.41. The Bertz CT molecular complexity index is 1120. The molecule has 8 N–H and O–H groups in total. The highest BCUT2D eigenvalue weighted by molar-refractivity contribution is 7.90. The van der Waals surface area contributed by atoms with Gasteiger partial charge in [0, 0.05) is 23.9 Å². The van der Waals surface area contributed by atoms with Crippen LogP contribution in [0.15, 0.2) is 40.3 Å². The minimum absolute atomic E-state index is 0.0321. The fraction of sp³-hybridized carbons (Fsp3) is 0.200. The fourth-order valence-corrected chi connectivity index (χ4v) is 5.06. The topological polar surface area (TPSA) is 209 Å². The van der Waals surface area contributed by atoms with Gasteiger partial charge in [-0.3, -0.25) is 0 Å². The number of nitrogens with two attached hydrogens (primary N) is 3. The Kier molecular flexibility index (Phi) is 6.29. The Balaban J connectivity index is 2.27. The third kappa shape index (κ3) is 4.46. The van der Waals surface area contributed by atoms with Crippen LogP contribution in [-0.4, -0.2) is 51.3 Å². The van der Waals surface area contributed by atoms with Gasteiger partial charge in [0.1, 0.15) is 21.7 Å². The van der Waals surface area contributed by atoms with Crippen LogP contribution in [0.25, 0.3) is 22.5 Å². The van der Waals surface area contributed by atoms with Gasteiger partial charge in [-0.15, -0.1) is 10.2 Å². The fourth-order valence-electron chi connectivity index (χ4n) is 2.66. The second-order valence-electron chi connectivity index (χ2n) is 5.86. The number of tetrazole rings is 1. The molecule has 12 nitrogen and oxygen atoms in total. The Labute approximate surface area is 168 Å². The molecular formula is C15H19N9O3S2. The maximum absolute atomic E-state index is 12.8. The van der Waals surface area contributed by atoms with Gasteiger partial charge in [0.15, 0.2) is 0 Å². The van der Waals surface area contributed by atoms with Crippen LogP contribution in [-0.2, 0) is 21.0 Å². The van der Waals surface area contributed by atoms with Crippen LogP contribution in [0.5, 0.6) is 0 Å². The third-order valence-electron chi connectivity index (χ3n) is 3.95. The second kappa shape index (κ2) is 8.71. The Morgan fingerprint density at radius 1 is 1.21 bits per heavy atom. The monoisotopic (exact) mass is 437 g/mol. The first-order valence-corrected chi connectivity index (χ1v) is 11.0. The summed E-state index contributed by atoms with van der Waals surface area (Å²) < 4.78 is 40.5. The molecule has 0 aliphatic rings. The molecule has 0 bridgehead atoms. The number of pyridine rings is 1. The molecule has 2 aromatic heterocycles. The zero-order chi connectivity index (χ0) is 21.0. The molecule has 1 aromatic carbocycles. The molecule has 0 spiro atoms. The average molecular weight is 438 g/mol. The highest BCUT2D eigenvalue weighted by Gasteiger charge is 2.28. The molecule has 14 heteroatoms. The van der Waals surface area contributed by atoms with Gasteiger partial charge in [-0.2, -0.15) is 5.21 Å². The highest BCUT2D eigenvalue weighted by Crippen LogP contribution is 2.37. The summed E-state index contributed by atoms with van der Waals surface area (Å²) >= 11 is 0. The molecule has 2 heterocycles. The van der Waals surface area contributed by atoms with Crippen molar-refractivity contribution in [2.45, 2.75) is 16.2 Å². The Morgan fingerprint density at radius 3 is 2.59 bits per heavy atom. The van der Waals surface area contributed by atoms with Gasteiger partial charge in [-0.05, 0) is 41.9 Å². The summed E-state index contributed by atoms with van der Waals surface area (Å²) in [6.07, 6.45) is 1.93. The van der Waals surface area contributed by atoms with Gasteiger partial charge in [0.25, 0.3) is 0 Å². The number of hydrogen-bond acceptors (Lipinski definition) is 9. The predicted molar refractivity (Wildman–Crippen MR) is 107 cm³/mol. The van der Waals surface area contributed by atoms with E-state index in [-0.39, 0.29) is 27.7 Å². The number of nitrogens with zero attached hydrogens (tertiary/aromatic N) is 4. The predicted octanol–water partition coefficient (Wildman–Crippen LogP) is -0.881. The van der Waals surface area contributed by atoms with Crippen molar-refractivity contribution in [3.8, 4) is 22.5 Å². The zero-order valence-electron chi connectivity index (χ0n) is 15.1. The normalized spacial score (nSPS) is 12.8. The lowest BCUT2D eigenvalue weighted by molar-refractivity contribution is 0.577. The lowest BCUT2D eigenvalue weighted by Crippen LogP contribution is -2.28. The van der Waals surface area contributed by atoms with Crippen molar-refractivity contribution >= 4 is 26.8 Å². The number of rotatable bonds is 8. The number of hydrogen-bond donors (Lipinski definition) is 5. The molecule has 0 fully saturated rings. The van der Waals surface area contributed by atoms with Crippen molar-refractivity contribution in [1.82, 2.24) is 30.3 Å². The van der Waals surface area contributed by atoms with E-state index in [0.717, 1.165) is 0 Å². The van der Waals surface area contributed by atoms with E-state index in [0.29, 0.717) is 29.9 Å². The van der Waals surface area contributed by atoms with Crippen LogP contribution >= 0.6 is 0 Å². The first-order chi connectivity index (χ1) is 13.8. The Morgan fingerprint density at radius 2 is 2.00 bits per heavy atom. The molecule has 154 valence electrons. The van der Waals surface area contributed by atoms with E-state index < -0.39 is 21.0 Å². The first-order valence-electron chi connectivity index (χ1n) is 8.33. The number of benzene rings is 1. The molecule has 0 saturated carbocycles. The largest absolute Gasteiger partial charge is 0.384 e. The van der Waals surface area contributed by atoms with Gasteiger partial charge in [0.05, 0.1) is 4.90 Å². The van der Waals surface area contributed by atoms with Gasteiger partial charge >= 0.3 is 0 Å². The molecule has 1 unspecified atom stereocenters. The van der Waals surface area contributed by atoms with Gasteiger partial charge in [0.2, 0.25) is 15.8 Å². The molecule has 0 saturated heterocycles. The molecule has 29 heavy (non-hydrogen) atoms. The van der Waals surface area contributed by atoms with Crippen molar-refractivity contribution in [3.63, 3.8) is 0 Å². The standard InChI is InChI=1S/C15H19N9O3S2/c16-6-1-7-20-29(26,27)11-4-3-10(9-2-5-12(17)19-8-9)13(14(11)28(18)25)15-21-23-24-22-15/h2-5,8,20H,1,6-7,16,18H2,(H2,17,19)(H,21,22,23,24). The van der Waals surface area contributed by atoms with E-state index in [1.54, 1.807) is 12.1 Å². The average Bonchev–Trinajstić information content (AvgIpc) is 3.22. The lowest BCUT2D eigenvalue weighted by atomic mass is 10.0. The van der Waals surface area contributed by atoms with Crippen molar-refractivity contribution in [3.05, 3.63) is 30.5 Å². The quantitative estimate of drug-likeness (QED) is 0.277. The molecular weight excluding hydrogens is 418 g/mol. The van der Waals surface area contributed by atoms with Crippen LogP contribution in [0.2, 0.25) is 0 Å². The molecule has 3 aromatic rings. The molecule has 0 amide bonds. The maximum atomic E-state index is 12.8. The smallest absolute Gasteiger partial charge is 0.241 e. The van der Waals surface area contributed by atoms with Gasteiger partial charge in [-0.25, -0.2) is 27.5 Å². The van der Waals surface area contributed by atoms with E-state index in [1.165, 1.54) is 18.3 Å². The molecule has 0 radical (unpaired) electrons. The van der Waals surface area contributed by atoms with Crippen molar-refractivity contribution in [1.29, 1.82) is 0 Å². The molecule has 3 rings (SSSR count). The van der Waals surface area contributed by atoms with Crippen molar-refractivity contribution < 1.29 is 12.6 Å². The molecule has 0 aliphatic heterocycles. The van der Waals surface area contributed by atoms with Crippen LogP contribution in [0.3, 0.4) is 0 Å².